The van der Waals surface area contributed by atoms with Crippen LogP contribution in [0.25, 0.3) is 0 Å². The van der Waals surface area contributed by atoms with Crippen LogP contribution in [-0.4, -0.2) is 24.2 Å². The molecular weight excluding hydrogens is 264 g/mol. The molecule has 0 bridgehead atoms. The molecule has 1 N–H and O–H groups in total. The van der Waals surface area contributed by atoms with Gasteiger partial charge in [0, 0.05) is 18.7 Å². The van der Waals surface area contributed by atoms with E-state index in [0.29, 0.717) is 25.1 Å². The van der Waals surface area contributed by atoms with E-state index in [2.05, 4.69) is 24.1 Å². The van der Waals surface area contributed by atoms with Crippen LogP contribution in [0.4, 0.5) is 0 Å². The van der Waals surface area contributed by atoms with Crippen LogP contribution in [0.3, 0.4) is 0 Å². The quantitative estimate of drug-likeness (QED) is 0.758. The van der Waals surface area contributed by atoms with Crippen LogP contribution < -0.4 is 14.8 Å². The molecule has 0 amide bonds. The average molecular weight is 286 g/mol. The maximum absolute atomic E-state index is 5.61. The monoisotopic (exact) mass is 286 g/mol. The van der Waals surface area contributed by atoms with Crippen LogP contribution in [-0.2, 0) is 6.54 Å². The van der Waals surface area contributed by atoms with Gasteiger partial charge in [0.05, 0.1) is 5.69 Å². The molecule has 21 heavy (non-hydrogen) atoms. The van der Waals surface area contributed by atoms with Crippen molar-refractivity contribution in [1.29, 1.82) is 0 Å². The zero-order valence-electron chi connectivity index (χ0n) is 12.6. The van der Waals surface area contributed by atoms with Crippen molar-refractivity contribution in [3.8, 4) is 11.6 Å². The molecule has 0 saturated carbocycles. The fourth-order valence-electron chi connectivity index (χ4n) is 1.77. The Bertz CT molecular complexity index is 529. The summed E-state index contributed by atoms with van der Waals surface area (Å²) < 4.78 is 11.2. The van der Waals surface area contributed by atoms with Crippen LogP contribution in [0, 0.1) is 0 Å². The summed E-state index contributed by atoms with van der Waals surface area (Å²) in [5.74, 6) is 1.48. The van der Waals surface area contributed by atoms with Crippen molar-refractivity contribution in [3.05, 3.63) is 54.2 Å². The molecule has 0 fully saturated rings. The smallest absolute Gasteiger partial charge is 0.213 e. The number of para-hydroxylation sites is 1. The minimum absolute atomic E-state index is 0.440. The number of aromatic nitrogens is 1. The number of ether oxygens (including phenoxy) is 2. The minimum atomic E-state index is 0.440. The van der Waals surface area contributed by atoms with Gasteiger partial charge in [0.2, 0.25) is 5.88 Å². The summed E-state index contributed by atoms with van der Waals surface area (Å²) in [5, 5.41) is 3.34. The Morgan fingerprint density at radius 1 is 0.952 bits per heavy atom. The molecule has 112 valence electrons. The molecule has 0 saturated heterocycles. The molecule has 1 aromatic carbocycles. The lowest BCUT2D eigenvalue weighted by Crippen LogP contribution is -2.22. The lowest BCUT2D eigenvalue weighted by molar-refractivity contribution is 0.211. The van der Waals surface area contributed by atoms with E-state index in [4.69, 9.17) is 9.47 Å². The van der Waals surface area contributed by atoms with Gasteiger partial charge in [0.1, 0.15) is 19.0 Å². The first kappa shape index (κ1) is 15.3. The molecule has 2 rings (SSSR count). The maximum atomic E-state index is 5.61. The number of nitrogens with zero attached hydrogens (tertiary/aromatic N) is 1. The Kier molecular flexibility index (Phi) is 6.03. The summed E-state index contributed by atoms with van der Waals surface area (Å²) in [7, 11) is 0. The van der Waals surface area contributed by atoms with Crippen LogP contribution in [0.15, 0.2) is 48.5 Å². The van der Waals surface area contributed by atoms with Gasteiger partial charge in [0.15, 0.2) is 0 Å². The Labute approximate surface area is 126 Å². The first-order valence-electron chi connectivity index (χ1n) is 7.24. The van der Waals surface area contributed by atoms with E-state index >= 15 is 0 Å². The van der Waals surface area contributed by atoms with Gasteiger partial charge < -0.3 is 14.8 Å². The predicted octanol–water partition coefficient (Wildman–Crippen LogP) is 3.04. The molecule has 0 radical (unpaired) electrons. The van der Waals surface area contributed by atoms with Crippen molar-refractivity contribution in [1.82, 2.24) is 10.3 Å². The molecule has 1 heterocycles. The van der Waals surface area contributed by atoms with E-state index in [1.165, 1.54) is 0 Å². The predicted molar refractivity (Wildman–Crippen MR) is 83.6 cm³/mol. The van der Waals surface area contributed by atoms with Crippen LogP contribution in [0.5, 0.6) is 11.6 Å². The van der Waals surface area contributed by atoms with E-state index in [9.17, 15) is 0 Å². The van der Waals surface area contributed by atoms with E-state index < -0.39 is 0 Å². The molecule has 0 atom stereocenters. The Hall–Kier alpha value is -2.07. The normalized spacial score (nSPS) is 10.6. The summed E-state index contributed by atoms with van der Waals surface area (Å²) in [6.45, 7) is 5.95. The molecule has 0 spiro atoms. The summed E-state index contributed by atoms with van der Waals surface area (Å²) in [6.07, 6.45) is 0. The number of hydrogen-bond donors (Lipinski definition) is 1. The first-order chi connectivity index (χ1) is 10.2. The molecule has 0 aliphatic rings. The van der Waals surface area contributed by atoms with Crippen molar-refractivity contribution >= 4 is 0 Å². The highest BCUT2D eigenvalue weighted by Crippen LogP contribution is 2.10. The lowest BCUT2D eigenvalue weighted by atomic mass is 10.3. The topological polar surface area (TPSA) is 43.4 Å². The van der Waals surface area contributed by atoms with Crippen molar-refractivity contribution in [2.75, 3.05) is 13.2 Å². The van der Waals surface area contributed by atoms with Gasteiger partial charge in [-0.15, -0.1) is 0 Å². The Morgan fingerprint density at radius 2 is 1.71 bits per heavy atom. The minimum Gasteiger partial charge on any atom is -0.490 e. The number of hydrogen-bond acceptors (Lipinski definition) is 4. The summed E-state index contributed by atoms with van der Waals surface area (Å²) in [5.41, 5.74) is 0.977. The van der Waals surface area contributed by atoms with E-state index in [1.807, 2.05) is 48.5 Å². The van der Waals surface area contributed by atoms with Crippen molar-refractivity contribution in [2.45, 2.75) is 26.4 Å². The SMILES string of the molecule is CC(C)NCc1cccc(OCCOc2ccccc2)n1. The lowest BCUT2D eigenvalue weighted by Gasteiger charge is -2.10. The summed E-state index contributed by atoms with van der Waals surface area (Å²) in [4.78, 5) is 4.45. The third-order valence-electron chi connectivity index (χ3n) is 2.82. The van der Waals surface area contributed by atoms with Gasteiger partial charge in [-0.05, 0) is 18.2 Å². The van der Waals surface area contributed by atoms with Crippen LogP contribution >= 0.6 is 0 Å². The van der Waals surface area contributed by atoms with Crippen LogP contribution in [0.2, 0.25) is 0 Å². The van der Waals surface area contributed by atoms with E-state index in [1.54, 1.807) is 0 Å². The Morgan fingerprint density at radius 3 is 2.48 bits per heavy atom. The summed E-state index contributed by atoms with van der Waals surface area (Å²) >= 11 is 0. The van der Waals surface area contributed by atoms with Crippen LogP contribution in [0.1, 0.15) is 19.5 Å². The molecule has 0 aliphatic heterocycles. The molecule has 1 aromatic heterocycles. The standard InChI is InChI=1S/C17H22N2O2/c1-14(2)18-13-15-7-6-10-17(19-15)21-12-11-20-16-8-4-3-5-9-16/h3-10,14,18H,11-13H2,1-2H3. The van der Waals surface area contributed by atoms with Crippen molar-refractivity contribution in [3.63, 3.8) is 0 Å². The fraction of sp³-hybridized carbons (Fsp3) is 0.353. The highest BCUT2D eigenvalue weighted by Gasteiger charge is 2.00. The Balaban J connectivity index is 1.74. The van der Waals surface area contributed by atoms with E-state index in [-0.39, 0.29) is 0 Å². The van der Waals surface area contributed by atoms with Gasteiger partial charge in [0.25, 0.3) is 0 Å². The molecule has 0 unspecified atom stereocenters. The van der Waals surface area contributed by atoms with Gasteiger partial charge in [-0.1, -0.05) is 38.1 Å². The fourth-order valence-corrected chi connectivity index (χ4v) is 1.77. The average Bonchev–Trinajstić information content (AvgIpc) is 2.51. The van der Waals surface area contributed by atoms with Gasteiger partial charge in [-0.3, -0.25) is 0 Å². The third-order valence-corrected chi connectivity index (χ3v) is 2.82. The third kappa shape index (κ3) is 5.83. The highest BCUT2D eigenvalue weighted by atomic mass is 16.5. The number of benzene rings is 1. The summed E-state index contributed by atoms with van der Waals surface area (Å²) in [6, 6.07) is 16.0. The largest absolute Gasteiger partial charge is 0.490 e. The number of pyridine rings is 1. The zero-order valence-corrected chi connectivity index (χ0v) is 12.6. The second-order valence-electron chi connectivity index (χ2n) is 5.01. The van der Waals surface area contributed by atoms with Gasteiger partial charge in [-0.25, -0.2) is 4.98 Å². The maximum Gasteiger partial charge on any atom is 0.213 e. The van der Waals surface area contributed by atoms with Crippen molar-refractivity contribution < 1.29 is 9.47 Å². The van der Waals surface area contributed by atoms with Gasteiger partial charge in [-0.2, -0.15) is 0 Å². The molecule has 4 heteroatoms. The second kappa shape index (κ2) is 8.27. The molecule has 2 aromatic rings. The van der Waals surface area contributed by atoms with Crippen molar-refractivity contribution in [2.24, 2.45) is 0 Å². The molecule has 0 aliphatic carbocycles. The molecular formula is C17H22N2O2. The number of nitrogens with one attached hydrogen (secondary N) is 1. The first-order valence-corrected chi connectivity index (χ1v) is 7.24. The zero-order chi connectivity index (χ0) is 14.9. The van der Waals surface area contributed by atoms with Gasteiger partial charge >= 0.3 is 0 Å². The molecule has 4 nitrogen and oxygen atoms in total. The number of rotatable bonds is 8. The van der Waals surface area contributed by atoms with E-state index in [0.717, 1.165) is 18.0 Å². The highest BCUT2D eigenvalue weighted by molar-refractivity contribution is 5.21. The second-order valence-corrected chi connectivity index (χ2v) is 5.01.